The molecule has 0 atom stereocenters. The number of esters is 1. The maximum absolute atomic E-state index is 12.7. The zero-order valence-corrected chi connectivity index (χ0v) is 16.0. The van der Waals surface area contributed by atoms with Crippen LogP contribution in [-0.4, -0.2) is 26.1 Å². The van der Waals surface area contributed by atoms with Crippen molar-refractivity contribution in [2.75, 3.05) is 19.5 Å². The van der Waals surface area contributed by atoms with Gasteiger partial charge in [-0.25, -0.2) is 4.79 Å². The second-order valence-electron chi connectivity index (χ2n) is 5.55. The van der Waals surface area contributed by atoms with E-state index >= 15 is 0 Å². The molecular weight excluding hydrogens is 402 g/mol. The van der Waals surface area contributed by atoms with Gasteiger partial charge in [-0.05, 0) is 43.3 Å². The molecule has 0 radical (unpaired) electrons. The molecule has 0 saturated carbocycles. The number of carbonyl (C=O) groups is 2. The van der Waals surface area contributed by atoms with Crippen LogP contribution in [0.3, 0.4) is 0 Å². The minimum Gasteiger partial charge on any atom is -0.497 e. The van der Waals surface area contributed by atoms with Gasteiger partial charge >= 0.3 is 5.97 Å². The third-order valence-electron chi connectivity index (χ3n) is 3.98. The maximum Gasteiger partial charge on any atom is 0.340 e. The molecule has 6 nitrogen and oxygen atoms in total. The zero-order chi connectivity index (χ0) is 18.8. The number of nitrogens with one attached hydrogen (secondary N) is 1. The van der Waals surface area contributed by atoms with Gasteiger partial charge in [-0.15, -0.1) is 0 Å². The van der Waals surface area contributed by atoms with Gasteiger partial charge in [-0.2, -0.15) is 0 Å². The summed E-state index contributed by atoms with van der Waals surface area (Å²) in [7, 11) is 2.76. The fraction of sp³-hybridized carbons (Fsp3) is 0.158. The number of rotatable bonds is 4. The Morgan fingerprint density at radius 3 is 2.58 bits per heavy atom. The highest BCUT2D eigenvalue weighted by Gasteiger charge is 2.21. The Morgan fingerprint density at radius 2 is 1.88 bits per heavy atom. The van der Waals surface area contributed by atoms with Gasteiger partial charge in [0.05, 0.1) is 25.5 Å². The van der Waals surface area contributed by atoms with Crippen LogP contribution in [0, 0.1) is 6.92 Å². The van der Waals surface area contributed by atoms with E-state index in [9.17, 15) is 9.59 Å². The fourth-order valence-corrected chi connectivity index (χ4v) is 2.99. The Labute approximate surface area is 158 Å². The lowest BCUT2D eigenvalue weighted by Gasteiger charge is -2.11. The molecule has 0 aliphatic heterocycles. The predicted molar refractivity (Wildman–Crippen MR) is 101 cm³/mol. The second kappa shape index (κ2) is 7.21. The van der Waals surface area contributed by atoms with E-state index in [0.717, 1.165) is 9.86 Å². The molecule has 0 unspecified atom stereocenters. The van der Waals surface area contributed by atoms with Crippen molar-refractivity contribution in [2.45, 2.75) is 6.92 Å². The van der Waals surface area contributed by atoms with Crippen LogP contribution in [0.4, 0.5) is 5.69 Å². The molecular formula is C19H16BrNO5. The number of carbonyl (C=O) groups excluding carboxylic acids is 2. The molecule has 0 aliphatic rings. The number of amides is 1. The minimum absolute atomic E-state index is 0.185. The number of hydrogen-bond acceptors (Lipinski definition) is 5. The highest BCUT2D eigenvalue weighted by Crippen LogP contribution is 2.29. The summed E-state index contributed by atoms with van der Waals surface area (Å²) in [6, 6.07) is 10.2. The van der Waals surface area contributed by atoms with Crippen molar-refractivity contribution in [3.63, 3.8) is 0 Å². The Balaban J connectivity index is 1.98. The topological polar surface area (TPSA) is 77.8 Å². The average Bonchev–Trinajstić information content (AvgIpc) is 2.97. The van der Waals surface area contributed by atoms with Gasteiger partial charge in [0.15, 0.2) is 5.76 Å². The van der Waals surface area contributed by atoms with Crippen LogP contribution in [0.1, 0.15) is 26.5 Å². The monoisotopic (exact) mass is 417 g/mol. The molecule has 3 rings (SSSR count). The Hall–Kier alpha value is -2.80. The number of furan rings is 1. The minimum atomic E-state index is -0.579. The highest BCUT2D eigenvalue weighted by molar-refractivity contribution is 9.10. The Morgan fingerprint density at radius 1 is 1.12 bits per heavy atom. The number of fused-ring (bicyclic) bond motifs is 1. The number of halogens is 1. The molecule has 7 heteroatoms. The molecule has 1 N–H and O–H groups in total. The number of anilines is 1. The van der Waals surface area contributed by atoms with Crippen molar-refractivity contribution in [3.8, 4) is 5.75 Å². The van der Waals surface area contributed by atoms with E-state index in [1.54, 1.807) is 18.2 Å². The van der Waals surface area contributed by atoms with Crippen LogP contribution in [0.15, 0.2) is 45.3 Å². The number of hydrogen-bond donors (Lipinski definition) is 1. The lowest BCUT2D eigenvalue weighted by atomic mass is 10.1. The van der Waals surface area contributed by atoms with E-state index in [-0.39, 0.29) is 11.3 Å². The summed E-state index contributed by atoms with van der Waals surface area (Å²) in [4.78, 5) is 24.7. The van der Waals surface area contributed by atoms with Gasteiger partial charge < -0.3 is 19.2 Å². The smallest absolute Gasteiger partial charge is 0.340 e. The summed E-state index contributed by atoms with van der Waals surface area (Å²) >= 11 is 3.41. The van der Waals surface area contributed by atoms with Crippen molar-refractivity contribution in [1.29, 1.82) is 0 Å². The molecule has 0 spiro atoms. The van der Waals surface area contributed by atoms with E-state index in [2.05, 4.69) is 21.2 Å². The first-order valence-electron chi connectivity index (χ1n) is 7.71. The molecule has 1 aromatic heterocycles. The standard InChI is InChI=1S/C19H16BrNO5/c1-10-13-8-11(20)4-7-16(13)26-17(10)18(22)21-15-6-5-12(24-2)9-14(15)19(23)25-3/h4-9H,1-3H3,(H,21,22). The largest absolute Gasteiger partial charge is 0.497 e. The summed E-state index contributed by atoms with van der Waals surface area (Å²) in [6.45, 7) is 1.81. The lowest BCUT2D eigenvalue weighted by molar-refractivity contribution is 0.0601. The molecule has 0 bridgehead atoms. The lowest BCUT2D eigenvalue weighted by Crippen LogP contribution is -2.15. The quantitative estimate of drug-likeness (QED) is 0.629. The van der Waals surface area contributed by atoms with Crippen molar-refractivity contribution in [3.05, 3.63) is 57.8 Å². The first-order chi connectivity index (χ1) is 12.4. The Kier molecular flexibility index (Phi) is 4.99. The summed E-state index contributed by atoms with van der Waals surface area (Å²) in [5.41, 5.74) is 1.83. The number of benzene rings is 2. The van der Waals surface area contributed by atoms with Crippen molar-refractivity contribution in [2.24, 2.45) is 0 Å². The normalized spacial score (nSPS) is 10.6. The summed E-state index contributed by atoms with van der Waals surface area (Å²) in [5, 5.41) is 3.55. The molecule has 0 aliphatic carbocycles. The van der Waals surface area contributed by atoms with Gasteiger partial charge in [0, 0.05) is 15.4 Å². The zero-order valence-electron chi connectivity index (χ0n) is 14.4. The van der Waals surface area contributed by atoms with E-state index in [0.29, 0.717) is 22.6 Å². The van der Waals surface area contributed by atoms with Crippen LogP contribution in [0.25, 0.3) is 11.0 Å². The fourth-order valence-electron chi connectivity index (χ4n) is 2.63. The second-order valence-corrected chi connectivity index (χ2v) is 6.47. The van der Waals surface area contributed by atoms with Gasteiger partial charge in [0.2, 0.25) is 0 Å². The van der Waals surface area contributed by atoms with Gasteiger partial charge in [-0.3, -0.25) is 4.79 Å². The molecule has 1 amide bonds. The van der Waals surface area contributed by atoms with Crippen LogP contribution in [0.5, 0.6) is 5.75 Å². The number of methoxy groups -OCH3 is 2. The van der Waals surface area contributed by atoms with E-state index in [1.165, 1.54) is 20.3 Å². The molecule has 2 aromatic carbocycles. The first kappa shape index (κ1) is 18.0. The average molecular weight is 418 g/mol. The van der Waals surface area contributed by atoms with Crippen molar-refractivity contribution >= 4 is 44.5 Å². The van der Waals surface area contributed by atoms with Crippen molar-refractivity contribution < 1.29 is 23.5 Å². The third-order valence-corrected chi connectivity index (χ3v) is 4.48. The van der Waals surface area contributed by atoms with E-state index < -0.39 is 11.9 Å². The maximum atomic E-state index is 12.7. The van der Waals surface area contributed by atoms with E-state index in [1.807, 2.05) is 19.1 Å². The van der Waals surface area contributed by atoms with Crippen LogP contribution >= 0.6 is 15.9 Å². The molecule has 0 saturated heterocycles. The van der Waals surface area contributed by atoms with Crippen LogP contribution in [0.2, 0.25) is 0 Å². The van der Waals surface area contributed by atoms with Crippen LogP contribution < -0.4 is 10.1 Å². The van der Waals surface area contributed by atoms with Gasteiger partial charge in [-0.1, -0.05) is 15.9 Å². The van der Waals surface area contributed by atoms with Crippen LogP contribution in [-0.2, 0) is 4.74 Å². The summed E-state index contributed by atoms with van der Waals surface area (Å²) < 4.78 is 16.5. The first-order valence-corrected chi connectivity index (χ1v) is 8.50. The highest BCUT2D eigenvalue weighted by atomic mass is 79.9. The van der Waals surface area contributed by atoms with Crippen molar-refractivity contribution in [1.82, 2.24) is 0 Å². The summed E-state index contributed by atoms with van der Waals surface area (Å²) in [5.74, 6) is -0.368. The number of aryl methyl sites for hydroxylation is 1. The molecule has 26 heavy (non-hydrogen) atoms. The third kappa shape index (κ3) is 3.30. The SMILES string of the molecule is COC(=O)c1cc(OC)ccc1NC(=O)c1oc2ccc(Br)cc2c1C. The van der Waals surface area contributed by atoms with E-state index in [4.69, 9.17) is 13.9 Å². The van der Waals surface area contributed by atoms with Gasteiger partial charge in [0.25, 0.3) is 5.91 Å². The van der Waals surface area contributed by atoms with Gasteiger partial charge in [0.1, 0.15) is 11.3 Å². The number of ether oxygens (including phenoxy) is 2. The summed E-state index contributed by atoms with van der Waals surface area (Å²) in [6.07, 6.45) is 0. The molecule has 3 aromatic rings. The Bertz CT molecular complexity index is 1010. The predicted octanol–water partition coefficient (Wildman–Crippen LogP) is 4.55. The molecule has 0 fully saturated rings. The molecule has 134 valence electrons. The molecule has 1 heterocycles.